The van der Waals surface area contributed by atoms with Crippen LogP contribution in [0.2, 0.25) is 0 Å². The van der Waals surface area contributed by atoms with E-state index in [-0.39, 0.29) is 103 Å². The second-order valence-corrected chi connectivity index (χ2v) is 3.34. The molecule has 7 heavy (non-hydrogen) atoms. The molecular weight excluding hydrogens is 326 g/mol. The molecule has 0 unspecified atom stereocenters. The summed E-state index contributed by atoms with van der Waals surface area (Å²) < 4.78 is 34.6. The second kappa shape index (κ2) is 7.59. The van der Waals surface area contributed by atoms with Crippen LogP contribution in [0.5, 0.6) is 0 Å². The molecule has 0 atom stereocenters. The van der Waals surface area contributed by atoms with Crippen molar-refractivity contribution in [2.24, 2.45) is 0 Å². The normalized spacial score (nSPS) is 8.29. The molecule has 0 spiro atoms. The summed E-state index contributed by atoms with van der Waals surface area (Å²) in [5.74, 6) is 0. The van der Waals surface area contributed by atoms with E-state index in [2.05, 4.69) is 0 Å². The van der Waals surface area contributed by atoms with Gasteiger partial charge in [-0.2, -0.15) is 0 Å². The molecule has 0 aliphatic carbocycles. The molecule has 0 radical (unpaired) electrons. The van der Waals surface area contributed by atoms with E-state index >= 15 is 0 Å². The van der Waals surface area contributed by atoms with Crippen LogP contribution >= 0.6 is 0 Å². The van der Waals surface area contributed by atoms with Crippen LogP contribution in [0.3, 0.4) is 0 Å². The van der Waals surface area contributed by atoms with Crippen LogP contribution < -0.4 is 110 Å². The summed E-state index contributed by atoms with van der Waals surface area (Å²) in [6.07, 6.45) is 0. The summed E-state index contributed by atoms with van der Waals surface area (Å²) in [6, 6.07) is 0. The number of hydrogen-bond acceptors (Lipinski definition) is 4. The fourth-order valence-corrected chi connectivity index (χ4v) is 0. The Morgan fingerprint density at radius 3 is 1.00 bits per heavy atom. The van der Waals surface area contributed by atoms with E-state index in [0.717, 1.165) is 0 Å². The first-order chi connectivity index (χ1) is 2.00. The topological polar surface area (TPSA) is 80.3 Å². The van der Waals surface area contributed by atoms with E-state index in [1.807, 2.05) is 0 Å². The van der Waals surface area contributed by atoms with Crippen LogP contribution in [-0.4, -0.2) is 0 Å². The van der Waals surface area contributed by atoms with E-state index in [0.29, 0.717) is 0 Å². The van der Waals surface area contributed by atoms with Gasteiger partial charge in [-0.15, -0.1) is 0 Å². The maximum absolute atomic E-state index is 8.65. The van der Waals surface area contributed by atoms with Gasteiger partial charge in [-0.25, -0.2) is 0 Å². The van der Waals surface area contributed by atoms with Crippen molar-refractivity contribution in [3.63, 3.8) is 0 Å². The third-order valence-electron chi connectivity index (χ3n) is 0. The average Bonchev–Trinajstić information content (AvgIpc) is 0.722. The van der Waals surface area contributed by atoms with E-state index < -0.39 is 16.7 Å². The first kappa shape index (κ1) is 16.8. The van der Waals surface area contributed by atoms with Crippen LogP contribution in [0.15, 0.2) is 0 Å². The minimum atomic E-state index is -6.17. The Labute approximate surface area is 130 Å². The third-order valence-corrected chi connectivity index (χ3v) is 0. The van der Waals surface area contributed by atoms with Crippen molar-refractivity contribution >= 4 is 0 Å². The van der Waals surface area contributed by atoms with Gasteiger partial charge in [-0.05, 0) is 0 Å². The van der Waals surface area contributed by atoms with Gasteiger partial charge in [-0.1, -0.05) is 0 Å². The average molecular weight is 326 g/mol. The zero-order valence-corrected chi connectivity index (χ0v) is 13.2. The summed E-state index contributed by atoms with van der Waals surface area (Å²) in [4.78, 5) is 0. The summed E-state index contributed by atoms with van der Waals surface area (Å²) in [5.41, 5.74) is 0. The van der Waals surface area contributed by atoms with Gasteiger partial charge >= 0.3 is 134 Å². The Hall–Kier alpha value is 3.48. The predicted molar refractivity (Wildman–Crippen MR) is 1.37 cm³/mol. The molecule has 0 aromatic heterocycles. The molecule has 0 saturated heterocycles. The van der Waals surface area contributed by atoms with Gasteiger partial charge in [-0.3, -0.25) is 0 Å². The first-order valence-electron chi connectivity index (χ1n) is 0.667. The molecule has 0 saturated carbocycles. The van der Waals surface area contributed by atoms with Crippen LogP contribution in [0.25, 0.3) is 0 Å². The van der Waals surface area contributed by atoms with Crippen molar-refractivity contribution in [1.29, 1.82) is 0 Å². The molecule has 0 aromatic rings. The van der Waals surface area contributed by atoms with Crippen molar-refractivity contribution < 1.29 is 134 Å². The van der Waals surface area contributed by atoms with Gasteiger partial charge in [0.1, 0.15) is 0 Å². The Bertz CT molecular complexity index is 92.9. The summed E-state index contributed by atoms with van der Waals surface area (Å²) >= 11 is -6.17. The summed E-state index contributed by atoms with van der Waals surface area (Å²) in [6.45, 7) is 0. The maximum atomic E-state index is 8.65. The van der Waals surface area contributed by atoms with Gasteiger partial charge in [0, 0.05) is 0 Å². The Morgan fingerprint density at radius 2 is 1.00 bits per heavy atom. The Morgan fingerprint density at radius 1 is 1.00 bits per heavy atom. The quantitative estimate of drug-likeness (QED) is 0.414. The van der Waals surface area contributed by atoms with Crippen molar-refractivity contribution in [2.45, 2.75) is 0 Å². The van der Waals surface area contributed by atoms with E-state index in [4.69, 9.17) is 14.3 Å². The molecule has 0 aromatic carbocycles. The van der Waals surface area contributed by atoms with Gasteiger partial charge in [0.2, 0.25) is 0 Å². The molecule has 32 valence electrons. The predicted octanol–water partition coefficient (Wildman–Crippen LogP) is -8.61. The third kappa shape index (κ3) is 43.8. The molecule has 0 N–H and O–H groups in total. The molecule has 4 nitrogen and oxygen atoms in total. The SMILES string of the molecule is [K+].[K+].[O]=[W](=[O])([O-])[O-]. The molecule has 0 rings (SSSR count). The summed E-state index contributed by atoms with van der Waals surface area (Å²) in [7, 11) is 0. The zero-order chi connectivity index (χ0) is 4.50. The summed E-state index contributed by atoms with van der Waals surface area (Å²) in [5, 5.41) is 0. The van der Waals surface area contributed by atoms with Crippen molar-refractivity contribution in [1.82, 2.24) is 0 Å². The number of hydrogen-bond donors (Lipinski definition) is 0. The first-order valence-corrected chi connectivity index (χ1v) is 5.46. The number of rotatable bonds is 0. The van der Waals surface area contributed by atoms with E-state index in [1.165, 1.54) is 0 Å². The van der Waals surface area contributed by atoms with Crippen LogP contribution in [-0.2, 0) is 23.5 Å². The molecular formula is K2O4W. The van der Waals surface area contributed by atoms with Crippen LogP contribution in [0.1, 0.15) is 0 Å². The molecule has 0 bridgehead atoms. The molecule has 0 aliphatic heterocycles. The van der Waals surface area contributed by atoms with E-state index in [9.17, 15) is 0 Å². The molecule has 0 amide bonds. The minimum absolute atomic E-state index is 0. The Kier molecular flexibility index (Phi) is 18.2. The van der Waals surface area contributed by atoms with Crippen molar-refractivity contribution in [3.05, 3.63) is 0 Å². The molecule has 0 aliphatic rings. The fraction of sp³-hybridized carbons (Fsp3) is 0. The van der Waals surface area contributed by atoms with Crippen molar-refractivity contribution in [3.8, 4) is 0 Å². The monoisotopic (exact) mass is 326 g/mol. The van der Waals surface area contributed by atoms with Gasteiger partial charge in [0.15, 0.2) is 0 Å². The van der Waals surface area contributed by atoms with Crippen LogP contribution in [0, 0.1) is 0 Å². The standard InChI is InChI=1S/2K.4O.W/q2*+1;;;2*-1;. The Balaban J connectivity index is -0.0000000800. The molecule has 0 fully saturated rings. The zero-order valence-electron chi connectivity index (χ0n) is 4.04. The van der Waals surface area contributed by atoms with Crippen LogP contribution in [0.4, 0.5) is 0 Å². The molecule has 7 heteroatoms. The molecule has 0 heterocycles. The van der Waals surface area contributed by atoms with Gasteiger partial charge < -0.3 is 0 Å². The van der Waals surface area contributed by atoms with Gasteiger partial charge in [0.05, 0.1) is 0 Å². The fourth-order valence-electron chi connectivity index (χ4n) is 0. The second-order valence-electron chi connectivity index (χ2n) is 0.408. The van der Waals surface area contributed by atoms with E-state index in [1.54, 1.807) is 0 Å². The van der Waals surface area contributed by atoms with Gasteiger partial charge in [0.25, 0.3) is 0 Å². The van der Waals surface area contributed by atoms with Crippen molar-refractivity contribution in [2.75, 3.05) is 0 Å².